The molecule has 0 amide bonds. The van der Waals surface area contributed by atoms with Crippen LogP contribution in [0.25, 0.3) is 0 Å². The lowest BCUT2D eigenvalue weighted by atomic mass is 9.86. The Hall–Kier alpha value is -0.380. The molecule has 4 atom stereocenters. The molecule has 0 saturated carbocycles. The van der Waals surface area contributed by atoms with E-state index < -0.39 is 12.2 Å². The average molecular weight is 170 g/mol. The van der Waals surface area contributed by atoms with Crippen molar-refractivity contribution in [3.05, 3.63) is 12.2 Å². The Balaban J connectivity index is 2.03. The molecule has 2 aliphatic rings. The van der Waals surface area contributed by atoms with E-state index in [1.165, 1.54) is 0 Å². The Morgan fingerprint density at radius 3 is 2.33 bits per heavy atom. The van der Waals surface area contributed by atoms with Crippen LogP contribution in [-0.2, 0) is 4.74 Å². The molecule has 0 bridgehead atoms. The number of hydrogen-bond acceptors (Lipinski definition) is 3. The first-order chi connectivity index (χ1) is 5.75. The summed E-state index contributed by atoms with van der Waals surface area (Å²) in [5.41, 5.74) is 0. The van der Waals surface area contributed by atoms with Crippen LogP contribution >= 0.6 is 0 Å². The van der Waals surface area contributed by atoms with Crippen molar-refractivity contribution in [2.45, 2.75) is 31.2 Å². The quantitative estimate of drug-likeness (QED) is 0.506. The number of fused-ring (bicyclic) bond motifs is 1. The van der Waals surface area contributed by atoms with Crippen LogP contribution in [0, 0.1) is 5.92 Å². The van der Waals surface area contributed by atoms with Crippen molar-refractivity contribution in [3.63, 3.8) is 0 Å². The Labute approximate surface area is 71.7 Å². The van der Waals surface area contributed by atoms with Crippen LogP contribution in [-0.4, -0.2) is 35.1 Å². The highest BCUT2D eigenvalue weighted by Gasteiger charge is 2.35. The van der Waals surface area contributed by atoms with Crippen molar-refractivity contribution >= 4 is 0 Å². The largest absolute Gasteiger partial charge is 0.389 e. The Morgan fingerprint density at radius 1 is 1.08 bits per heavy atom. The zero-order valence-electron chi connectivity index (χ0n) is 6.89. The summed E-state index contributed by atoms with van der Waals surface area (Å²) in [5.74, 6) is 0.444. The van der Waals surface area contributed by atoms with E-state index in [-0.39, 0.29) is 6.10 Å². The third-order valence-corrected chi connectivity index (χ3v) is 2.62. The van der Waals surface area contributed by atoms with E-state index in [1.807, 2.05) is 0 Å². The normalized spacial score (nSPS) is 49.8. The second-order valence-electron chi connectivity index (χ2n) is 3.62. The van der Waals surface area contributed by atoms with Crippen molar-refractivity contribution < 1.29 is 14.9 Å². The van der Waals surface area contributed by atoms with Gasteiger partial charge in [-0.1, -0.05) is 12.2 Å². The molecule has 3 heteroatoms. The second kappa shape index (κ2) is 3.17. The summed E-state index contributed by atoms with van der Waals surface area (Å²) in [6.07, 6.45) is 4.09. The maximum Gasteiger partial charge on any atom is 0.0746 e. The standard InChI is InChI=1S/C9H14O3/c10-7-1-2-8(11)4-9-6(3-7)5-12-9/h1-2,6-11H,3-5H2/b2-1+/t6?,7-,8-,9?/m0/s1. The van der Waals surface area contributed by atoms with Gasteiger partial charge in [0.2, 0.25) is 0 Å². The summed E-state index contributed by atoms with van der Waals surface area (Å²) in [6.45, 7) is 0.738. The molecule has 68 valence electrons. The van der Waals surface area contributed by atoms with Crippen LogP contribution in [0.5, 0.6) is 0 Å². The summed E-state index contributed by atoms with van der Waals surface area (Å²) in [6, 6.07) is 0. The molecule has 2 unspecified atom stereocenters. The van der Waals surface area contributed by atoms with E-state index >= 15 is 0 Å². The molecule has 0 aromatic carbocycles. The predicted molar refractivity (Wildman–Crippen MR) is 43.6 cm³/mol. The zero-order valence-corrected chi connectivity index (χ0v) is 6.89. The fourth-order valence-electron chi connectivity index (χ4n) is 1.81. The van der Waals surface area contributed by atoms with E-state index in [0.29, 0.717) is 12.3 Å². The van der Waals surface area contributed by atoms with Gasteiger partial charge in [-0.15, -0.1) is 0 Å². The number of hydrogen-bond donors (Lipinski definition) is 2. The van der Waals surface area contributed by atoms with Crippen LogP contribution < -0.4 is 0 Å². The molecule has 0 aromatic rings. The van der Waals surface area contributed by atoms with Crippen LogP contribution in [0.1, 0.15) is 12.8 Å². The summed E-state index contributed by atoms with van der Waals surface area (Å²) < 4.78 is 5.28. The van der Waals surface area contributed by atoms with Crippen molar-refractivity contribution in [1.82, 2.24) is 0 Å². The molecule has 0 aromatic heterocycles. The van der Waals surface area contributed by atoms with Crippen LogP contribution in [0.3, 0.4) is 0 Å². The molecule has 1 aliphatic carbocycles. The van der Waals surface area contributed by atoms with Gasteiger partial charge in [0.05, 0.1) is 24.9 Å². The summed E-state index contributed by atoms with van der Waals surface area (Å²) in [4.78, 5) is 0. The molecule has 12 heavy (non-hydrogen) atoms. The minimum absolute atomic E-state index is 0.166. The van der Waals surface area contributed by atoms with E-state index in [1.54, 1.807) is 12.2 Å². The highest BCUT2D eigenvalue weighted by atomic mass is 16.5. The third-order valence-electron chi connectivity index (χ3n) is 2.62. The smallest absolute Gasteiger partial charge is 0.0746 e. The van der Waals surface area contributed by atoms with Gasteiger partial charge < -0.3 is 14.9 Å². The SMILES string of the molecule is O[C@H]1/C=C/[C@H](O)CC2OCC2C1. The monoisotopic (exact) mass is 170 g/mol. The Kier molecular flexibility index (Phi) is 2.17. The van der Waals surface area contributed by atoms with E-state index in [2.05, 4.69) is 0 Å². The molecule has 1 fully saturated rings. The van der Waals surface area contributed by atoms with Crippen LogP contribution in [0.2, 0.25) is 0 Å². The first-order valence-electron chi connectivity index (χ1n) is 4.42. The lowest BCUT2D eigenvalue weighted by molar-refractivity contribution is -0.138. The highest BCUT2D eigenvalue weighted by Crippen LogP contribution is 2.30. The van der Waals surface area contributed by atoms with Crippen LogP contribution in [0.15, 0.2) is 12.2 Å². The van der Waals surface area contributed by atoms with Gasteiger partial charge in [0, 0.05) is 12.3 Å². The van der Waals surface area contributed by atoms with Crippen molar-refractivity contribution in [3.8, 4) is 0 Å². The highest BCUT2D eigenvalue weighted by molar-refractivity contribution is 5.00. The third kappa shape index (κ3) is 1.53. The molecule has 1 heterocycles. The average Bonchev–Trinajstić information content (AvgIpc) is 2.03. The predicted octanol–water partition coefficient (Wildman–Crippen LogP) is 0.0732. The Morgan fingerprint density at radius 2 is 1.75 bits per heavy atom. The lowest BCUT2D eigenvalue weighted by Crippen LogP contribution is -2.44. The first kappa shape index (κ1) is 8.23. The molecule has 3 nitrogen and oxygen atoms in total. The van der Waals surface area contributed by atoms with E-state index in [4.69, 9.17) is 4.74 Å². The summed E-state index contributed by atoms with van der Waals surface area (Å²) in [5, 5.41) is 18.8. The fraction of sp³-hybridized carbons (Fsp3) is 0.778. The van der Waals surface area contributed by atoms with Gasteiger partial charge in [0.1, 0.15) is 0 Å². The van der Waals surface area contributed by atoms with Gasteiger partial charge in [0.15, 0.2) is 0 Å². The maximum atomic E-state index is 9.40. The number of rotatable bonds is 0. The van der Waals surface area contributed by atoms with E-state index in [9.17, 15) is 10.2 Å². The van der Waals surface area contributed by atoms with E-state index in [0.717, 1.165) is 13.0 Å². The Bertz CT molecular complexity index is 170. The van der Waals surface area contributed by atoms with Gasteiger partial charge in [-0.2, -0.15) is 0 Å². The second-order valence-corrected chi connectivity index (χ2v) is 3.62. The van der Waals surface area contributed by atoms with Crippen molar-refractivity contribution in [2.24, 2.45) is 5.92 Å². The lowest BCUT2D eigenvalue weighted by Gasteiger charge is -2.39. The van der Waals surface area contributed by atoms with Crippen molar-refractivity contribution in [2.75, 3.05) is 6.61 Å². The van der Waals surface area contributed by atoms with Gasteiger partial charge in [-0.25, -0.2) is 0 Å². The molecule has 2 rings (SSSR count). The number of aliphatic hydroxyl groups is 2. The minimum Gasteiger partial charge on any atom is -0.389 e. The number of aliphatic hydroxyl groups excluding tert-OH is 2. The van der Waals surface area contributed by atoms with Crippen LogP contribution in [0.4, 0.5) is 0 Å². The first-order valence-corrected chi connectivity index (χ1v) is 4.42. The molecule has 2 N–H and O–H groups in total. The molecular formula is C9H14O3. The molecule has 0 spiro atoms. The maximum absolute atomic E-state index is 9.40. The molecule has 1 aliphatic heterocycles. The molecular weight excluding hydrogens is 156 g/mol. The molecule has 1 saturated heterocycles. The van der Waals surface area contributed by atoms with Crippen molar-refractivity contribution in [1.29, 1.82) is 0 Å². The fourth-order valence-corrected chi connectivity index (χ4v) is 1.81. The summed E-state index contributed by atoms with van der Waals surface area (Å²) >= 11 is 0. The molecule has 0 radical (unpaired) electrons. The van der Waals surface area contributed by atoms with Gasteiger partial charge >= 0.3 is 0 Å². The topological polar surface area (TPSA) is 49.7 Å². The minimum atomic E-state index is -0.451. The van der Waals surface area contributed by atoms with Gasteiger partial charge in [-0.3, -0.25) is 0 Å². The zero-order chi connectivity index (χ0) is 8.55. The summed E-state index contributed by atoms with van der Waals surface area (Å²) in [7, 11) is 0. The van der Waals surface area contributed by atoms with Gasteiger partial charge in [-0.05, 0) is 6.42 Å². The van der Waals surface area contributed by atoms with Gasteiger partial charge in [0.25, 0.3) is 0 Å². The number of ether oxygens (including phenoxy) is 1.